The highest BCUT2D eigenvalue weighted by Crippen LogP contribution is 2.01. The first-order valence-corrected chi connectivity index (χ1v) is 6.58. The Hall–Kier alpha value is -1.24. The minimum atomic E-state index is -0.255. The summed E-state index contributed by atoms with van der Waals surface area (Å²) in [6.45, 7) is 0.661. The summed E-state index contributed by atoms with van der Waals surface area (Å²) < 4.78 is 0. The number of nitrogen functional groups attached to an aromatic ring is 1. The van der Waals surface area contributed by atoms with Crippen LogP contribution in [0.3, 0.4) is 0 Å². The molecule has 1 amide bonds. The van der Waals surface area contributed by atoms with Crippen molar-refractivity contribution in [2.75, 3.05) is 24.3 Å². The van der Waals surface area contributed by atoms with Crippen LogP contribution in [0.2, 0.25) is 0 Å². The standard InChI is InChI=1S/C9H17N5OS/c1-16-6-4-2-3-5-11-8(15)7-12-9(10)14-13-7/h2-6H2,1H3,(H,11,15)(H3,10,12,13,14). The lowest BCUT2D eigenvalue weighted by molar-refractivity contribution is 0.0943. The molecule has 90 valence electrons. The van der Waals surface area contributed by atoms with Crippen molar-refractivity contribution in [3.63, 3.8) is 0 Å². The second kappa shape index (κ2) is 7.10. The quantitative estimate of drug-likeness (QED) is 0.611. The van der Waals surface area contributed by atoms with Crippen LogP contribution in [0.5, 0.6) is 0 Å². The topological polar surface area (TPSA) is 96.7 Å². The van der Waals surface area contributed by atoms with E-state index in [1.54, 1.807) is 0 Å². The van der Waals surface area contributed by atoms with Gasteiger partial charge in [-0.2, -0.15) is 16.7 Å². The Morgan fingerprint density at radius 2 is 2.31 bits per heavy atom. The highest BCUT2D eigenvalue weighted by atomic mass is 32.2. The van der Waals surface area contributed by atoms with Crippen molar-refractivity contribution in [3.05, 3.63) is 5.82 Å². The molecule has 0 saturated carbocycles. The Bertz CT molecular complexity index is 327. The molecule has 1 aromatic rings. The number of carbonyl (C=O) groups excluding carboxylic acids is 1. The number of unbranched alkanes of at least 4 members (excludes halogenated alkanes) is 2. The maximum absolute atomic E-state index is 11.4. The number of carbonyl (C=O) groups is 1. The van der Waals surface area contributed by atoms with E-state index in [9.17, 15) is 4.79 Å². The third-order valence-electron chi connectivity index (χ3n) is 2.03. The highest BCUT2D eigenvalue weighted by molar-refractivity contribution is 7.98. The van der Waals surface area contributed by atoms with E-state index in [2.05, 4.69) is 26.8 Å². The number of anilines is 1. The van der Waals surface area contributed by atoms with Gasteiger partial charge in [-0.25, -0.2) is 0 Å². The highest BCUT2D eigenvalue weighted by Gasteiger charge is 2.08. The van der Waals surface area contributed by atoms with Gasteiger partial charge in [0.25, 0.3) is 5.91 Å². The van der Waals surface area contributed by atoms with Crippen molar-refractivity contribution in [2.24, 2.45) is 0 Å². The van der Waals surface area contributed by atoms with E-state index in [4.69, 9.17) is 5.73 Å². The lowest BCUT2D eigenvalue weighted by atomic mass is 10.2. The molecule has 0 aliphatic carbocycles. The van der Waals surface area contributed by atoms with E-state index in [-0.39, 0.29) is 17.7 Å². The zero-order chi connectivity index (χ0) is 11.8. The average Bonchev–Trinajstić information content (AvgIpc) is 2.70. The summed E-state index contributed by atoms with van der Waals surface area (Å²) >= 11 is 1.84. The van der Waals surface area contributed by atoms with Crippen LogP contribution in [-0.4, -0.2) is 39.6 Å². The Morgan fingerprint density at radius 1 is 1.50 bits per heavy atom. The molecule has 0 spiro atoms. The molecule has 0 radical (unpaired) electrons. The summed E-state index contributed by atoms with van der Waals surface area (Å²) in [6.07, 6.45) is 5.39. The summed E-state index contributed by atoms with van der Waals surface area (Å²) in [5, 5.41) is 8.80. The predicted molar refractivity (Wildman–Crippen MR) is 65.4 cm³/mol. The zero-order valence-electron chi connectivity index (χ0n) is 9.32. The number of H-pyrrole nitrogens is 1. The first-order chi connectivity index (χ1) is 7.74. The van der Waals surface area contributed by atoms with Gasteiger partial charge < -0.3 is 11.1 Å². The minimum absolute atomic E-state index is 0.0881. The number of hydrogen-bond donors (Lipinski definition) is 3. The van der Waals surface area contributed by atoms with Crippen LogP contribution in [-0.2, 0) is 0 Å². The van der Waals surface area contributed by atoms with Gasteiger partial charge in [-0.15, -0.1) is 5.10 Å². The molecule has 1 rings (SSSR count). The van der Waals surface area contributed by atoms with Crippen molar-refractivity contribution < 1.29 is 4.79 Å². The number of nitrogens with one attached hydrogen (secondary N) is 2. The number of amides is 1. The lowest BCUT2D eigenvalue weighted by Gasteiger charge is -2.02. The smallest absolute Gasteiger partial charge is 0.288 e. The van der Waals surface area contributed by atoms with Crippen LogP contribution in [0.1, 0.15) is 29.9 Å². The van der Waals surface area contributed by atoms with Gasteiger partial charge in [0.1, 0.15) is 0 Å². The van der Waals surface area contributed by atoms with Gasteiger partial charge in [0.2, 0.25) is 11.8 Å². The summed E-state index contributed by atoms with van der Waals surface area (Å²) in [4.78, 5) is 15.2. The van der Waals surface area contributed by atoms with Gasteiger partial charge >= 0.3 is 0 Å². The van der Waals surface area contributed by atoms with Gasteiger partial charge in [-0.1, -0.05) is 6.42 Å². The third kappa shape index (κ3) is 4.52. The van der Waals surface area contributed by atoms with Crippen molar-refractivity contribution >= 4 is 23.6 Å². The van der Waals surface area contributed by atoms with Gasteiger partial charge in [-0.05, 0) is 24.9 Å². The number of thioether (sulfide) groups is 1. The fourth-order valence-electron chi connectivity index (χ4n) is 1.21. The number of rotatable bonds is 7. The SMILES string of the molecule is CSCCCCCNC(=O)c1nc(N)n[nH]1. The van der Waals surface area contributed by atoms with Gasteiger partial charge in [0.05, 0.1) is 0 Å². The molecule has 7 heteroatoms. The fourth-order valence-corrected chi connectivity index (χ4v) is 1.70. The van der Waals surface area contributed by atoms with Gasteiger partial charge in [0, 0.05) is 6.54 Å². The van der Waals surface area contributed by atoms with Crippen LogP contribution in [0.4, 0.5) is 5.95 Å². The average molecular weight is 243 g/mol. The van der Waals surface area contributed by atoms with E-state index >= 15 is 0 Å². The largest absolute Gasteiger partial charge is 0.366 e. The van der Waals surface area contributed by atoms with E-state index in [0.29, 0.717) is 6.54 Å². The normalized spacial score (nSPS) is 10.3. The summed E-state index contributed by atoms with van der Waals surface area (Å²) in [5.41, 5.74) is 5.29. The second-order valence-corrected chi connectivity index (χ2v) is 4.34. The Labute approximate surface area is 98.8 Å². The summed E-state index contributed by atoms with van der Waals surface area (Å²) in [5.74, 6) is 1.17. The molecule has 0 aromatic carbocycles. The molecular weight excluding hydrogens is 226 g/mol. The fraction of sp³-hybridized carbons (Fsp3) is 0.667. The van der Waals surface area contributed by atoms with E-state index in [1.807, 2.05) is 11.8 Å². The second-order valence-electron chi connectivity index (χ2n) is 3.35. The van der Waals surface area contributed by atoms with Crippen molar-refractivity contribution in [3.8, 4) is 0 Å². The predicted octanol–water partition coefficient (Wildman–Crippen LogP) is 0.650. The zero-order valence-corrected chi connectivity index (χ0v) is 10.1. The number of nitrogens with two attached hydrogens (primary N) is 1. The molecule has 0 saturated heterocycles. The van der Waals surface area contributed by atoms with Gasteiger partial charge in [0.15, 0.2) is 0 Å². The Kier molecular flexibility index (Phi) is 5.69. The van der Waals surface area contributed by atoms with E-state index < -0.39 is 0 Å². The molecule has 1 aromatic heterocycles. The number of nitrogens with zero attached hydrogens (tertiary/aromatic N) is 2. The molecule has 0 atom stereocenters. The minimum Gasteiger partial charge on any atom is -0.366 e. The molecule has 0 bridgehead atoms. The lowest BCUT2D eigenvalue weighted by Crippen LogP contribution is -2.25. The number of aromatic nitrogens is 3. The van der Waals surface area contributed by atoms with Crippen molar-refractivity contribution in [1.29, 1.82) is 0 Å². The summed E-state index contributed by atoms with van der Waals surface area (Å²) in [6, 6.07) is 0. The van der Waals surface area contributed by atoms with E-state index in [0.717, 1.165) is 12.8 Å². The summed E-state index contributed by atoms with van der Waals surface area (Å²) in [7, 11) is 0. The Balaban J connectivity index is 2.11. The molecule has 0 fully saturated rings. The van der Waals surface area contributed by atoms with Crippen LogP contribution in [0.15, 0.2) is 0 Å². The maximum Gasteiger partial charge on any atom is 0.288 e. The maximum atomic E-state index is 11.4. The van der Waals surface area contributed by atoms with Crippen LogP contribution in [0, 0.1) is 0 Å². The molecular formula is C9H17N5OS. The van der Waals surface area contributed by atoms with Crippen LogP contribution >= 0.6 is 11.8 Å². The first-order valence-electron chi connectivity index (χ1n) is 5.19. The molecule has 16 heavy (non-hydrogen) atoms. The number of hydrogen-bond acceptors (Lipinski definition) is 5. The Morgan fingerprint density at radius 3 is 2.94 bits per heavy atom. The van der Waals surface area contributed by atoms with E-state index in [1.165, 1.54) is 12.2 Å². The monoisotopic (exact) mass is 243 g/mol. The van der Waals surface area contributed by atoms with Crippen molar-refractivity contribution in [2.45, 2.75) is 19.3 Å². The van der Waals surface area contributed by atoms with Gasteiger partial charge in [-0.3, -0.25) is 9.89 Å². The molecule has 1 heterocycles. The first kappa shape index (κ1) is 12.8. The molecule has 0 aliphatic rings. The van der Waals surface area contributed by atoms with Crippen LogP contribution in [0.25, 0.3) is 0 Å². The molecule has 0 aliphatic heterocycles. The third-order valence-corrected chi connectivity index (χ3v) is 2.73. The van der Waals surface area contributed by atoms with Crippen LogP contribution < -0.4 is 11.1 Å². The number of aromatic amines is 1. The molecule has 4 N–H and O–H groups in total. The molecule has 6 nitrogen and oxygen atoms in total. The van der Waals surface area contributed by atoms with Crippen molar-refractivity contribution in [1.82, 2.24) is 20.5 Å². The molecule has 0 unspecified atom stereocenters.